The van der Waals surface area contributed by atoms with E-state index in [4.69, 9.17) is 5.11 Å². The van der Waals surface area contributed by atoms with Crippen LogP contribution in [0.25, 0.3) is 0 Å². The molecule has 1 heterocycles. The average molecular weight is 298 g/mol. The van der Waals surface area contributed by atoms with Gasteiger partial charge in [0.2, 0.25) is 5.91 Å². The number of benzene rings is 1. The molecule has 1 aromatic carbocycles. The quantitative estimate of drug-likeness (QED) is 0.911. The van der Waals surface area contributed by atoms with Gasteiger partial charge in [-0.05, 0) is 37.1 Å². The van der Waals surface area contributed by atoms with Crippen LogP contribution in [0.2, 0.25) is 0 Å². The number of aliphatic hydroxyl groups is 1. The molecule has 1 aliphatic heterocycles. The van der Waals surface area contributed by atoms with Crippen LogP contribution in [-0.2, 0) is 4.79 Å². The number of aliphatic hydroxyl groups excluding tert-OH is 1. The van der Waals surface area contributed by atoms with E-state index in [1.807, 2.05) is 26.0 Å². The molecule has 0 bridgehead atoms. The SMILES string of the molecule is Cc1cc(Br)cc(C)c1N1CC(CO)CC1=O. The molecule has 1 saturated heterocycles. The molecule has 0 radical (unpaired) electrons. The Morgan fingerprint density at radius 3 is 2.47 bits per heavy atom. The van der Waals surface area contributed by atoms with Gasteiger partial charge in [-0.1, -0.05) is 15.9 Å². The summed E-state index contributed by atoms with van der Waals surface area (Å²) >= 11 is 3.45. The van der Waals surface area contributed by atoms with Gasteiger partial charge in [-0.25, -0.2) is 0 Å². The van der Waals surface area contributed by atoms with Crippen LogP contribution in [0.5, 0.6) is 0 Å². The Morgan fingerprint density at radius 1 is 1.41 bits per heavy atom. The van der Waals surface area contributed by atoms with Gasteiger partial charge in [0.25, 0.3) is 0 Å². The Morgan fingerprint density at radius 2 is 2.00 bits per heavy atom. The normalized spacial score (nSPS) is 20.1. The zero-order valence-electron chi connectivity index (χ0n) is 10.0. The molecule has 3 nitrogen and oxygen atoms in total. The third kappa shape index (κ3) is 2.38. The van der Waals surface area contributed by atoms with Crippen LogP contribution in [-0.4, -0.2) is 24.2 Å². The number of hydrogen-bond acceptors (Lipinski definition) is 2. The van der Waals surface area contributed by atoms with Crippen molar-refractivity contribution < 1.29 is 9.90 Å². The highest BCUT2D eigenvalue weighted by atomic mass is 79.9. The van der Waals surface area contributed by atoms with Gasteiger partial charge in [0.1, 0.15) is 0 Å². The molecule has 1 fully saturated rings. The summed E-state index contributed by atoms with van der Waals surface area (Å²) in [4.78, 5) is 13.7. The number of nitrogens with zero attached hydrogens (tertiary/aromatic N) is 1. The smallest absolute Gasteiger partial charge is 0.227 e. The van der Waals surface area contributed by atoms with E-state index in [1.165, 1.54) is 0 Å². The summed E-state index contributed by atoms with van der Waals surface area (Å²) in [6.07, 6.45) is 0.450. The summed E-state index contributed by atoms with van der Waals surface area (Å²) in [7, 11) is 0. The molecule has 1 atom stereocenters. The number of anilines is 1. The molecule has 1 amide bonds. The molecule has 1 aromatic rings. The maximum atomic E-state index is 11.9. The molecule has 0 saturated carbocycles. The predicted molar refractivity (Wildman–Crippen MR) is 71.2 cm³/mol. The number of carbonyl (C=O) groups excluding carboxylic acids is 1. The number of halogens is 1. The molecular weight excluding hydrogens is 282 g/mol. The highest BCUT2D eigenvalue weighted by Gasteiger charge is 2.31. The van der Waals surface area contributed by atoms with Gasteiger partial charge in [-0.2, -0.15) is 0 Å². The lowest BCUT2D eigenvalue weighted by atomic mass is 10.1. The molecular formula is C13H16BrNO2. The van der Waals surface area contributed by atoms with Gasteiger partial charge in [0, 0.05) is 35.7 Å². The van der Waals surface area contributed by atoms with E-state index >= 15 is 0 Å². The van der Waals surface area contributed by atoms with E-state index in [9.17, 15) is 4.79 Å². The molecule has 1 N–H and O–H groups in total. The maximum absolute atomic E-state index is 11.9. The first-order valence-corrected chi connectivity index (χ1v) is 6.50. The summed E-state index contributed by atoms with van der Waals surface area (Å²) in [5.41, 5.74) is 3.17. The van der Waals surface area contributed by atoms with Crippen molar-refractivity contribution in [2.75, 3.05) is 18.1 Å². The first-order chi connectivity index (χ1) is 8.02. The first-order valence-electron chi connectivity index (χ1n) is 5.71. The molecule has 17 heavy (non-hydrogen) atoms. The van der Waals surface area contributed by atoms with Crippen LogP contribution in [0.1, 0.15) is 17.5 Å². The fraction of sp³-hybridized carbons (Fsp3) is 0.462. The third-order valence-corrected chi connectivity index (χ3v) is 3.65. The standard InChI is InChI=1S/C13H16BrNO2/c1-8-3-11(14)4-9(2)13(8)15-6-10(7-16)5-12(15)17/h3-4,10,16H,5-7H2,1-2H3. The fourth-order valence-corrected chi connectivity index (χ4v) is 3.14. The minimum absolute atomic E-state index is 0.0740. The summed E-state index contributed by atoms with van der Waals surface area (Å²) in [6, 6.07) is 4.03. The van der Waals surface area contributed by atoms with Crippen LogP contribution in [0, 0.1) is 19.8 Å². The summed E-state index contributed by atoms with van der Waals surface area (Å²) in [5.74, 6) is 0.183. The van der Waals surface area contributed by atoms with Crippen molar-refractivity contribution in [2.45, 2.75) is 20.3 Å². The molecule has 0 aromatic heterocycles. The van der Waals surface area contributed by atoms with Crippen LogP contribution in [0.15, 0.2) is 16.6 Å². The van der Waals surface area contributed by atoms with Gasteiger partial charge >= 0.3 is 0 Å². The van der Waals surface area contributed by atoms with Gasteiger partial charge in [0.05, 0.1) is 0 Å². The van der Waals surface area contributed by atoms with Gasteiger partial charge in [-0.3, -0.25) is 4.79 Å². The lowest BCUT2D eigenvalue weighted by Gasteiger charge is -2.21. The highest BCUT2D eigenvalue weighted by Crippen LogP contribution is 2.32. The monoisotopic (exact) mass is 297 g/mol. The zero-order chi connectivity index (χ0) is 12.6. The lowest BCUT2D eigenvalue weighted by Crippen LogP contribution is -2.26. The van der Waals surface area contributed by atoms with Gasteiger partial charge in [-0.15, -0.1) is 0 Å². The minimum Gasteiger partial charge on any atom is -0.396 e. The van der Waals surface area contributed by atoms with Crippen LogP contribution >= 0.6 is 15.9 Å². The number of aryl methyl sites for hydroxylation is 2. The van der Waals surface area contributed by atoms with Crippen molar-refractivity contribution in [3.8, 4) is 0 Å². The van der Waals surface area contributed by atoms with Crippen molar-refractivity contribution >= 4 is 27.5 Å². The van der Waals surface area contributed by atoms with Crippen LogP contribution in [0.4, 0.5) is 5.69 Å². The van der Waals surface area contributed by atoms with Gasteiger partial charge in [0.15, 0.2) is 0 Å². The Kier molecular flexibility index (Phi) is 3.54. The third-order valence-electron chi connectivity index (χ3n) is 3.19. The molecule has 2 rings (SSSR count). The van der Waals surface area contributed by atoms with Crippen molar-refractivity contribution in [1.29, 1.82) is 0 Å². The van der Waals surface area contributed by atoms with Crippen molar-refractivity contribution in [3.63, 3.8) is 0 Å². The number of amides is 1. The Balaban J connectivity index is 2.38. The molecule has 92 valence electrons. The van der Waals surface area contributed by atoms with E-state index in [0.717, 1.165) is 21.3 Å². The van der Waals surface area contributed by atoms with E-state index in [-0.39, 0.29) is 18.4 Å². The Labute approximate surface area is 110 Å². The Hall–Kier alpha value is -0.870. The maximum Gasteiger partial charge on any atom is 0.227 e. The second kappa shape index (κ2) is 4.78. The second-order valence-corrected chi connectivity index (χ2v) is 5.56. The number of hydrogen-bond donors (Lipinski definition) is 1. The highest BCUT2D eigenvalue weighted by molar-refractivity contribution is 9.10. The fourth-order valence-electron chi connectivity index (χ4n) is 2.45. The van der Waals surface area contributed by atoms with Crippen molar-refractivity contribution in [2.24, 2.45) is 5.92 Å². The largest absolute Gasteiger partial charge is 0.396 e. The van der Waals surface area contributed by atoms with E-state index < -0.39 is 0 Å². The number of carbonyl (C=O) groups is 1. The molecule has 0 aliphatic carbocycles. The van der Waals surface area contributed by atoms with E-state index in [1.54, 1.807) is 4.90 Å². The summed E-state index contributed by atoms with van der Waals surface area (Å²) < 4.78 is 1.03. The summed E-state index contributed by atoms with van der Waals surface area (Å²) in [5, 5.41) is 9.14. The number of rotatable bonds is 2. The molecule has 1 aliphatic rings. The van der Waals surface area contributed by atoms with Crippen LogP contribution in [0.3, 0.4) is 0 Å². The van der Waals surface area contributed by atoms with Gasteiger partial charge < -0.3 is 10.0 Å². The lowest BCUT2D eigenvalue weighted by molar-refractivity contribution is -0.117. The van der Waals surface area contributed by atoms with Crippen LogP contribution < -0.4 is 4.90 Å². The van der Waals surface area contributed by atoms with E-state index in [0.29, 0.717) is 13.0 Å². The Bertz CT molecular complexity index is 436. The second-order valence-electron chi connectivity index (χ2n) is 4.65. The van der Waals surface area contributed by atoms with E-state index in [2.05, 4.69) is 15.9 Å². The van der Waals surface area contributed by atoms with Crippen molar-refractivity contribution in [1.82, 2.24) is 0 Å². The first kappa shape index (κ1) is 12.6. The minimum atomic E-state index is 0.0740. The zero-order valence-corrected chi connectivity index (χ0v) is 11.6. The molecule has 0 spiro atoms. The molecule has 1 unspecified atom stereocenters. The predicted octanol–water partition coefficient (Wildman–Crippen LogP) is 2.41. The topological polar surface area (TPSA) is 40.5 Å². The van der Waals surface area contributed by atoms with Crippen molar-refractivity contribution in [3.05, 3.63) is 27.7 Å². The molecule has 4 heteroatoms. The summed E-state index contributed by atoms with van der Waals surface area (Å²) in [6.45, 7) is 4.72. The average Bonchev–Trinajstić information content (AvgIpc) is 2.59.